The Labute approximate surface area is 212 Å². The number of amides is 1. The van der Waals surface area contributed by atoms with E-state index in [1.807, 2.05) is 65.6 Å². The predicted octanol–water partition coefficient (Wildman–Crippen LogP) is 6.75. The molecule has 4 aromatic rings. The molecule has 8 heteroatoms. The largest absolute Gasteiger partial charge is 0.342 e. The van der Waals surface area contributed by atoms with E-state index in [2.05, 4.69) is 0 Å². The number of hydrogen-bond acceptors (Lipinski definition) is 4. The van der Waals surface area contributed by atoms with Gasteiger partial charge >= 0.3 is 0 Å². The highest BCUT2D eigenvalue weighted by Crippen LogP contribution is 2.44. The lowest BCUT2D eigenvalue weighted by atomic mass is 9.98. The van der Waals surface area contributed by atoms with Crippen LogP contribution in [0.5, 0.6) is 0 Å². The molecular formula is C28H21ClFN3O3. The lowest BCUT2D eigenvalue weighted by Gasteiger charge is -2.46. The molecule has 0 spiro atoms. The third-order valence-electron chi connectivity index (χ3n) is 6.23. The number of halogens is 2. The van der Waals surface area contributed by atoms with E-state index >= 15 is 4.39 Å². The van der Waals surface area contributed by atoms with Crippen LogP contribution in [0.3, 0.4) is 0 Å². The summed E-state index contributed by atoms with van der Waals surface area (Å²) in [4.78, 5) is 28.3. The first-order chi connectivity index (χ1) is 17.4. The molecule has 1 amide bonds. The van der Waals surface area contributed by atoms with Crippen molar-refractivity contribution in [3.63, 3.8) is 0 Å². The Kier molecular flexibility index (Phi) is 6.40. The topological polar surface area (TPSA) is 66.7 Å². The molecule has 1 atom stereocenters. The maximum Gasteiger partial charge on any atom is 0.270 e. The number of carbonyl (C=O) groups is 1. The zero-order valence-corrected chi connectivity index (χ0v) is 19.8. The average molecular weight is 502 g/mol. The number of rotatable bonds is 6. The van der Waals surface area contributed by atoms with Crippen LogP contribution in [-0.4, -0.2) is 15.7 Å². The standard InChI is InChI=1S/C28H21ClFN3O3/c29-23-12-7-13-24(30)26(23)27-31(17-19-8-3-1-4-9-19)25-15-14-21(33(35)36)16-22(25)28(34)32(27)18-20-10-5-2-6-11-20/h1-16,27H,17-18H2/t27-/m0/s1. The van der Waals surface area contributed by atoms with E-state index in [9.17, 15) is 14.9 Å². The number of nitro groups is 1. The molecule has 0 saturated heterocycles. The molecule has 0 fully saturated rings. The molecule has 36 heavy (non-hydrogen) atoms. The van der Waals surface area contributed by atoms with Gasteiger partial charge in [0.1, 0.15) is 12.0 Å². The van der Waals surface area contributed by atoms with Crippen molar-refractivity contribution in [3.05, 3.63) is 140 Å². The van der Waals surface area contributed by atoms with Gasteiger partial charge in [-0.1, -0.05) is 78.3 Å². The monoisotopic (exact) mass is 501 g/mol. The highest BCUT2D eigenvalue weighted by Gasteiger charge is 2.41. The summed E-state index contributed by atoms with van der Waals surface area (Å²) in [5.41, 5.74) is 2.39. The molecule has 0 unspecified atom stereocenters. The van der Waals surface area contributed by atoms with Gasteiger partial charge in [-0.3, -0.25) is 14.9 Å². The van der Waals surface area contributed by atoms with Crippen LogP contribution in [0, 0.1) is 15.9 Å². The van der Waals surface area contributed by atoms with E-state index in [-0.39, 0.29) is 28.4 Å². The van der Waals surface area contributed by atoms with Gasteiger partial charge in [0.25, 0.3) is 11.6 Å². The first kappa shape index (κ1) is 23.5. The molecule has 1 heterocycles. The van der Waals surface area contributed by atoms with Crippen LogP contribution in [-0.2, 0) is 13.1 Å². The van der Waals surface area contributed by atoms with Crippen molar-refractivity contribution in [2.75, 3.05) is 4.90 Å². The number of carbonyl (C=O) groups excluding carboxylic acids is 1. The summed E-state index contributed by atoms with van der Waals surface area (Å²) in [7, 11) is 0. The normalized spacial score (nSPS) is 15.1. The zero-order valence-electron chi connectivity index (χ0n) is 19.1. The van der Waals surface area contributed by atoms with Crippen molar-refractivity contribution in [1.82, 2.24) is 4.90 Å². The van der Waals surface area contributed by atoms with Crippen LogP contribution in [0.15, 0.2) is 97.1 Å². The van der Waals surface area contributed by atoms with Crippen LogP contribution < -0.4 is 4.90 Å². The summed E-state index contributed by atoms with van der Waals surface area (Å²) in [6.45, 7) is 0.474. The Bertz CT molecular complexity index is 1410. The predicted molar refractivity (Wildman–Crippen MR) is 136 cm³/mol. The molecular weight excluding hydrogens is 481 g/mol. The molecule has 0 saturated carbocycles. The number of benzene rings is 4. The molecule has 0 aliphatic carbocycles. The Morgan fingerprint density at radius 3 is 2.03 bits per heavy atom. The third-order valence-corrected chi connectivity index (χ3v) is 6.56. The van der Waals surface area contributed by atoms with Crippen LogP contribution in [0.2, 0.25) is 5.02 Å². The van der Waals surface area contributed by atoms with Gasteiger partial charge in [0.15, 0.2) is 0 Å². The Hall–Kier alpha value is -4.23. The highest BCUT2D eigenvalue weighted by molar-refractivity contribution is 6.31. The summed E-state index contributed by atoms with van der Waals surface area (Å²) >= 11 is 6.55. The quantitative estimate of drug-likeness (QED) is 0.216. The van der Waals surface area contributed by atoms with Crippen molar-refractivity contribution in [1.29, 1.82) is 0 Å². The molecule has 0 bridgehead atoms. The average Bonchev–Trinajstić information content (AvgIpc) is 2.89. The minimum Gasteiger partial charge on any atom is -0.342 e. The Morgan fingerprint density at radius 1 is 0.833 bits per heavy atom. The first-order valence-corrected chi connectivity index (χ1v) is 11.7. The lowest BCUT2D eigenvalue weighted by molar-refractivity contribution is -0.384. The fourth-order valence-corrected chi connectivity index (χ4v) is 4.84. The van der Waals surface area contributed by atoms with Gasteiger partial charge in [-0.25, -0.2) is 4.39 Å². The van der Waals surface area contributed by atoms with Gasteiger partial charge in [0.2, 0.25) is 0 Å². The van der Waals surface area contributed by atoms with Gasteiger partial charge in [0.05, 0.1) is 21.2 Å². The van der Waals surface area contributed by atoms with Crippen molar-refractivity contribution in [2.24, 2.45) is 0 Å². The van der Waals surface area contributed by atoms with E-state index in [0.29, 0.717) is 12.2 Å². The summed E-state index contributed by atoms with van der Waals surface area (Å²) in [6.07, 6.45) is -0.888. The molecule has 0 aromatic heterocycles. The second kappa shape index (κ2) is 9.79. The van der Waals surface area contributed by atoms with Crippen LogP contribution in [0.25, 0.3) is 0 Å². The maximum absolute atomic E-state index is 15.4. The number of hydrogen-bond donors (Lipinski definition) is 0. The van der Waals surface area contributed by atoms with Gasteiger partial charge in [-0.15, -0.1) is 0 Å². The smallest absolute Gasteiger partial charge is 0.270 e. The SMILES string of the molecule is O=C1c2cc([N+](=O)[O-])ccc2N(Cc2ccccc2)[C@H](c2c(F)cccc2Cl)N1Cc1ccccc1. The van der Waals surface area contributed by atoms with Crippen molar-refractivity contribution < 1.29 is 14.1 Å². The highest BCUT2D eigenvalue weighted by atomic mass is 35.5. The number of anilines is 1. The van der Waals surface area contributed by atoms with E-state index in [1.54, 1.807) is 12.1 Å². The second-order valence-corrected chi connectivity index (χ2v) is 8.91. The number of nitrogens with zero attached hydrogens (tertiary/aromatic N) is 3. The number of nitro benzene ring substituents is 1. The van der Waals surface area contributed by atoms with Crippen molar-refractivity contribution >= 4 is 28.9 Å². The Morgan fingerprint density at radius 2 is 1.44 bits per heavy atom. The number of fused-ring (bicyclic) bond motifs is 1. The van der Waals surface area contributed by atoms with E-state index < -0.39 is 22.8 Å². The first-order valence-electron chi connectivity index (χ1n) is 11.3. The van der Waals surface area contributed by atoms with Crippen molar-refractivity contribution in [2.45, 2.75) is 19.3 Å². The Balaban J connectivity index is 1.74. The summed E-state index contributed by atoms with van der Waals surface area (Å²) in [5.74, 6) is -0.979. The lowest BCUT2D eigenvalue weighted by Crippen LogP contribution is -2.49. The van der Waals surface area contributed by atoms with Crippen LogP contribution in [0.1, 0.15) is 33.2 Å². The van der Waals surface area contributed by atoms with Gasteiger partial charge in [-0.2, -0.15) is 0 Å². The summed E-state index contributed by atoms with van der Waals surface area (Å²) in [6, 6.07) is 27.5. The second-order valence-electron chi connectivity index (χ2n) is 8.50. The maximum atomic E-state index is 15.4. The minimum absolute atomic E-state index is 0.155. The van der Waals surface area contributed by atoms with Crippen molar-refractivity contribution in [3.8, 4) is 0 Å². The molecule has 6 nitrogen and oxygen atoms in total. The minimum atomic E-state index is -0.888. The van der Waals surface area contributed by atoms with Gasteiger partial charge < -0.3 is 9.80 Å². The van der Waals surface area contributed by atoms with Crippen LogP contribution in [0.4, 0.5) is 15.8 Å². The third kappa shape index (κ3) is 4.41. The van der Waals surface area contributed by atoms with Gasteiger partial charge in [-0.05, 0) is 29.3 Å². The molecule has 1 aliphatic heterocycles. The van der Waals surface area contributed by atoms with Gasteiger partial charge in [0, 0.05) is 30.8 Å². The van der Waals surface area contributed by atoms with E-state index in [0.717, 1.165) is 11.1 Å². The fraction of sp³-hybridized carbons (Fsp3) is 0.107. The number of non-ortho nitro benzene ring substituents is 1. The van der Waals surface area contributed by atoms with Crippen LogP contribution >= 0.6 is 11.6 Å². The van der Waals surface area contributed by atoms with E-state index in [1.165, 1.54) is 29.2 Å². The summed E-state index contributed by atoms with van der Waals surface area (Å²) in [5, 5.41) is 11.7. The zero-order chi connectivity index (χ0) is 25.2. The molecule has 180 valence electrons. The summed E-state index contributed by atoms with van der Waals surface area (Å²) < 4.78 is 15.4. The molecule has 5 rings (SSSR count). The molecule has 0 N–H and O–H groups in total. The molecule has 1 aliphatic rings. The van der Waals surface area contributed by atoms with E-state index in [4.69, 9.17) is 11.6 Å². The molecule has 0 radical (unpaired) electrons. The fourth-order valence-electron chi connectivity index (χ4n) is 4.58. The molecule has 4 aromatic carbocycles.